The quantitative estimate of drug-likeness (QED) is 0.885. The van der Waals surface area contributed by atoms with E-state index in [1.807, 2.05) is 6.07 Å². The second-order valence-electron chi connectivity index (χ2n) is 3.96. The summed E-state index contributed by atoms with van der Waals surface area (Å²) in [6.07, 6.45) is 0. The van der Waals surface area contributed by atoms with Crippen molar-refractivity contribution in [3.05, 3.63) is 57.0 Å². The molecule has 0 saturated heterocycles. The predicted octanol–water partition coefficient (Wildman–Crippen LogP) is 4.32. The largest absolute Gasteiger partial charge is 0.280 e. The number of nitrogens with zero attached hydrogens (tertiary/aromatic N) is 1. The number of hydrogen-bond donors (Lipinski definition) is 1. The summed E-state index contributed by atoms with van der Waals surface area (Å²) in [4.78, 5) is -0.148. The van der Waals surface area contributed by atoms with Crippen LogP contribution in [0.4, 0.5) is 5.69 Å². The summed E-state index contributed by atoms with van der Waals surface area (Å²) in [5, 5.41) is 9.19. The van der Waals surface area contributed by atoms with Gasteiger partial charge >= 0.3 is 0 Å². The van der Waals surface area contributed by atoms with E-state index in [-0.39, 0.29) is 31.2 Å². The monoisotopic (exact) mass is 360 g/mol. The average Bonchev–Trinajstić information content (AvgIpc) is 2.43. The summed E-state index contributed by atoms with van der Waals surface area (Å²) < 4.78 is 26.9. The number of nitrogens with one attached hydrogen (secondary N) is 1. The van der Waals surface area contributed by atoms with Crippen LogP contribution in [0.15, 0.2) is 41.3 Å². The summed E-state index contributed by atoms with van der Waals surface area (Å²) in [7, 11) is -3.92. The fraction of sp³-hybridized carbons (Fsp3) is 0. The van der Waals surface area contributed by atoms with E-state index >= 15 is 0 Å². The highest BCUT2D eigenvalue weighted by Gasteiger charge is 2.20. The van der Waals surface area contributed by atoms with Gasteiger partial charge in [-0.3, -0.25) is 4.72 Å². The number of sulfonamides is 1. The Bertz CT molecular complexity index is 845. The number of nitriles is 1. The maximum atomic E-state index is 12.3. The molecule has 0 amide bonds. The van der Waals surface area contributed by atoms with Crippen LogP contribution in [0.5, 0.6) is 0 Å². The Morgan fingerprint density at radius 2 is 1.76 bits per heavy atom. The minimum Gasteiger partial charge on any atom is -0.280 e. The molecule has 0 radical (unpaired) electrons. The molecular formula is C13H7Cl3N2O2S. The van der Waals surface area contributed by atoms with Gasteiger partial charge in [-0.1, -0.05) is 40.9 Å². The Morgan fingerprint density at radius 1 is 1.05 bits per heavy atom. The number of benzene rings is 2. The first-order chi connectivity index (χ1) is 9.85. The summed E-state index contributed by atoms with van der Waals surface area (Å²) >= 11 is 17.5. The molecule has 2 rings (SSSR count). The van der Waals surface area contributed by atoms with Crippen molar-refractivity contribution in [3.63, 3.8) is 0 Å². The van der Waals surface area contributed by atoms with Crippen LogP contribution in [0.1, 0.15) is 5.56 Å². The van der Waals surface area contributed by atoms with Gasteiger partial charge in [-0.25, -0.2) is 8.42 Å². The molecule has 1 N–H and O–H groups in total. The molecule has 21 heavy (non-hydrogen) atoms. The lowest BCUT2D eigenvalue weighted by atomic mass is 10.2. The van der Waals surface area contributed by atoms with Crippen LogP contribution < -0.4 is 4.72 Å². The van der Waals surface area contributed by atoms with Crippen molar-refractivity contribution in [2.24, 2.45) is 0 Å². The van der Waals surface area contributed by atoms with Crippen molar-refractivity contribution >= 4 is 50.5 Å². The van der Waals surface area contributed by atoms with Crippen LogP contribution in [0.25, 0.3) is 0 Å². The fourth-order valence-corrected chi connectivity index (χ4v) is 3.55. The minimum atomic E-state index is -3.92. The Kier molecular flexibility index (Phi) is 4.64. The predicted molar refractivity (Wildman–Crippen MR) is 83.4 cm³/mol. The van der Waals surface area contributed by atoms with E-state index in [4.69, 9.17) is 40.1 Å². The van der Waals surface area contributed by atoms with Gasteiger partial charge in [0.05, 0.1) is 26.3 Å². The molecule has 0 aliphatic heterocycles. The van der Waals surface area contributed by atoms with E-state index in [1.165, 1.54) is 36.4 Å². The fourth-order valence-electron chi connectivity index (χ4n) is 1.58. The molecule has 108 valence electrons. The Balaban J connectivity index is 2.43. The molecule has 0 atom stereocenters. The van der Waals surface area contributed by atoms with E-state index in [2.05, 4.69) is 4.72 Å². The molecule has 0 fully saturated rings. The second-order valence-corrected chi connectivity index (χ2v) is 6.81. The van der Waals surface area contributed by atoms with Crippen molar-refractivity contribution in [1.82, 2.24) is 0 Å². The number of halogens is 3. The van der Waals surface area contributed by atoms with Crippen molar-refractivity contribution in [2.75, 3.05) is 4.72 Å². The first kappa shape index (κ1) is 15.9. The van der Waals surface area contributed by atoms with Crippen molar-refractivity contribution in [2.45, 2.75) is 4.90 Å². The van der Waals surface area contributed by atoms with Gasteiger partial charge in [0.25, 0.3) is 10.0 Å². The topological polar surface area (TPSA) is 70.0 Å². The molecule has 2 aromatic rings. The van der Waals surface area contributed by atoms with Crippen molar-refractivity contribution < 1.29 is 8.42 Å². The van der Waals surface area contributed by atoms with Crippen LogP contribution in [0.2, 0.25) is 15.1 Å². The van der Waals surface area contributed by atoms with Crippen LogP contribution in [0.3, 0.4) is 0 Å². The second kappa shape index (κ2) is 6.12. The molecule has 0 saturated carbocycles. The van der Waals surface area contributed by atoms with Gasteiger partial charge in [0, 0.05) is 0 Å². The third-order valence-corrected chi connectivity index (χ3v) is 5.23. The van der Waals surface area contributed by atoms with Gasteiger partial charge < -0.3 is 0 Å². The molecule has 8 heteroatoms. The van der Waals surface area contributed by atoms with E-state index in [0.29, 0.717) is 0 Å². The molecule has 0 bridgehead atoms. The highest BCUT2D eigenvalue weighted by atomic mass is 35.5. The maximum absolute atomic E-state index is 12.3. The van der Waals surface area contributed by atoms with Crippen LogP contribution >= 0.6 is 34.8 Å². The molecule has 2 aromatic carbocycles. The lowest BCUT2D eigenvalue weighted by molar-refractivity contribution is 0.601. The number of rotatable bonds is 3. The van der Waals surface area contributed by atoms with E-state index in [9.17, 15) is 8.42 Å². The van der Waals surface area contributed by atoms with Gasteiger partial charge in [-0.05, 0) is 30.3 Å². The third-order valence-electron chi connectivity index (χ3n) is 2.54. The van der Waals surface area contributed by atoms with Crippen molar-refractivity contribution in [3.8, 4) is 6.07 Å². The minimum absolute atomic E-state index is 0.0684. The average molecular weight is 362 g/mol. The summed E-state index contributed by atoms with van der Waals surface area (Å²) in [6.45, 7) is 0. The zero-order valence-corrected chi connectivity index (χ0v) is 13.4. The van der Waals surface area contributed by atoms with Crippen LogP contribution in [-0.4, -0.2) is 8.42 Å². The van der Waals surface area contributed by atoms with Crippen molar-refractivity contribution in [1.29, 1.82) is 5.26 Å². The molecule has 0 heterocycles. The standard InChI is InChI=1S/C13H7Cl3N2O2S/c14-10-5-4-9(6-8(10)7-17)18-21(19,20)12-3-1-2-11(15)13(12)16/h1-6,18H. The normalized spacial score (nSPS) is 11.0. The highest BCUT2D eigenvalue weighted by Crippen LogP contribution is 2.30. The highest BCUT2D eigenvalue weighted by molar-refractivity contribution is 7.92. The lowest BCUT2D eigenvalue weighted by Gasteiger charge is -2.10. The molecule has 0 aliphatic carbocycles. The molecule has 0 aliphatic rings. The Hall–Kier alpha value is -1.45. The number of hydrogen-bond acceptors (Lipinski definition) is 3. The SMILES string of the molecule is N#Cc1cc(NS(=O)(=O)c2cccc(Cl)c2Cl)ccc1Cl. The Labute approximate surface area is 136 Å². The van der Waals surface area contributed by atoms with E-state index in [0.717, 1.165) is 0 Å². The van der Waals surface area contributed by atoms with Gasteiger partial charge in [0.15, 0.2) is 0 Å². The lowest BCUT2D eigenvalue weighted by Crippen LogP contribution is -2.13. The first-order valence-corrected chi connectivity index (χ1v) is 8.13. The third kappa shape index (κ3) is 3.42. The number of anilines is 1. The molecule has 0 aromatic heterocycles. The van der Waals surface area contributed by atoms with E-state index < -0.39 is 10.0 Å². The first-order valence-electron chi connectivity index (χ1n) is 5.51. The molecular weight excluding hydrogens is 355 g/mol. The van der Waals surface area contributed by atoms with Crippen LogP contribution in [-0.2, 0) is 10.0 Å². The Morgan fingerprint density at radius 3 is 2.43 bits per heavy atom. The van der Waals surface area contributed by atoms with Gasteiger partial charge in [-0.2, -0.15) is 5.26 Å². The smallest absolute Gasteiger partial charge is 0.263 e. The van der Waals surface area contributed by atoms with Crippen LogP contribution in [0, 0.1) is 11.3 Å². The zero-order chi connectivity index (χ0) is 15.6. The summed E-state index contributed by atoms with van der Waals surface area (Å²) in [5.41, 5.74) is 0.362. The molecule has 0 spiro atoms. The van der Waals surface area contributed by atoms with Gasteiger partial charge in [-0.15, -0.1) is 0 Å². The zero-order valence-electron chi connectivity index (χ0n) is 10.3. The van der Waals surface area contributed by atoms with Gasteiger partial charge in [0.1, 0.15) is 11.0 Å². The summed E-state index contributed by atoms with van der Waals surface area (Å²) in [6, 6.07) is 10.4. The van der Waals surface area contributed by atoms with Gasteiger partial charge in [0.2, 0.25) is 0 Å². The van der Waals surface area contributed by atoms with E-state index in [1.54, 1.807) is 0 Å². The summed E-state index contributed by atoms with van der Waals surface area (Å²) in [5.74, 6) is 0. The maximum Gasteiger partial charge on any atom is 0.263 e. The molecule has 4 nitrogen and oxygen atoms in total. The molecule has 0 unspecified atom stereocenters.